The summed E-state index contributed by atoms with van der Waals surface area (Å²) < 4.78 is 47.0. The number of nitrogens with one attached hydrogen (secondary N) is 1. The maximum Gasteiger partial charge on any atom is 0.342 e. The third-order valence-electron chi connectivity index (χ3n) is 5.98. The van der Waals surface area contributed by atoms with Crippen LogP contribution in [0.2, 0.25) is 5.28 Å². The van der Waals surface area contributed by atoms with Crippen LogP contribution in [0.5, 0.6) is 0 Å². The Balaban J connectivity index is 1.46. The SMILES string of the molecule is COCCOP(=O)(CP(=O)(O)O)OC[C@H]1O[C@@H](c2cnc3c(NC4CCCC4)nc(Cl)nn23)C[C@@H]1O. The van der Waals surface area contributed by atoms with Crippen molar-refractivity contribution in [2.75, 3.05) is 38.2 Å². The lowest BCUT2D eigenvalue weighted by Crippen LogP contribution is -2.26. The van der Waals surface area contributed by atoms with Gasteiger partial charge in [0.2, 0.25) is 5.28 Å². The van der Waals surface area contributed by atoms with Crippen LogP contribution in [-0.4, -0.2) is 85.6 Å². The number of aromatic nitrogens is 4. The summed E-state index contributed by atoms with van der Waals surface area (Å²) in [6, 6.07) is 0.279. The van der Waals surface area contributed by atoms with Crippen molar-refractivity contribution in [1.29, 1.82) is 0 Å². The Bertz CT molecular complexity index is 1140. The molecule has 1 saturated heterocycles. The fourth-order valence-electron chi connectivity index (χ4n) is 4.31. The van der Waals surface area contributed by atoms with E-state index in [0.717, 1.165) is 25.7 Å². The van der Waals surface area contributed by atoms with Gasteiger partial charge in [0.05, 0.1) is 37.8 Å². The number of fused-ring (bicyclic) bond motifs is 1. The lowest BCUT2D eigenvalue weighted by atomic mass is 10.1. The van der Waals surface area contributed by atoms with E-state index in [-0.39, 0.29) is 31.0 Å². The minimum atomic E-state index is -4.71. The Morgan fingerprint density at radius 1 is 1.25 bits per heavy atom. The Hall–Kier alpha value is -1.18. The molecule has 1 aliphatic heterocycles. The van der Waals surface area contributed by atoms with Crippen molar-refractivity contribution in [1.82, 2.24) is 19.6 Å². The van der Waals surface area contributed by atoms with Crippen molar-refractivity contribution < 1.29 is 42.5 Å². The van der Waals surface area contributed by atoms with Gasteiger partial charge in [0.1, 0.15) is 12.2 Å². The molecule has 0 radical (unpaired) electrons. The molecule has 4 atom stereocenters. The monoisotopic (exact) mass is 569 g/mol. The molecule has 14 nitrogen and oxygen atoms in total. The highest BCUT2D eigenvalue weighted by atomic mass is 35.5. The van der Waals surface area contributed by atoms with Gasteiger partial charge in [-0.25, -0.2) is 9.50 Å². The predicted octanol–water partition coefficient (Wildman–Crippen LogP) is 2.33. The minimum Gasteiger partial charge on any atom is -0.390 e. The first kappa shape index (κ1) is 27.8. The molecule has 0 bridgehead atoms. The van der Waals surface area contributed by atoms with Crippen molar-refractivity contribution in [3.05, 3.63) is 17.2 Å². The van der Waals surface area contributed by atoms with E-state index in [1.54, 1.807) is 6.20 Å². The first-order valence-corrected chi connectivity index (χ1v) is 15.4. The molecule has 0 aromatic carbocycles. The molecule has 1 aliphatic carbocycles. The number of halogens is 1. The first-order chi connectivity index (χ1) is 17.1. The molecule has 3 heterocycles. The topological polar surface area (TPSA) is 187 Å². The van der Waals surface area contributed by atoms with Crippen molar-refractivity contribution >= 4 is 38.3 Å². The highest BCUT2D eigenvalue weighted by Crippen LogP contribution is 2.59. The maximum absolute atomic E-state index is 12.9. The minimum absolute atomic E-state index is 0.0206. The standard InChI is InChI=1S/C19H30ClN5O9P2/c1-31-6-7-32-36(30,11-35(27,28)29)33-10-16-14(26)8-15(34-16)13-9-21-18-17(22-12-4-2-3-5-12)23-19(20)24-25(13)18/h9,12,14-16,26H,2-8,10-11H2,1H3,(H,22,23,24)(H2,27,28,29)/t14-,15+,16+,36?/m0/s1. The van der Waals surface area contributed by atoms with Crippen LogP contribution in [0.4, 0.5) is 5.82 Å². The zero-order chi connectivity index (χ0) is 25.9. The number of methoxy groups -OCH3 is 1. The molecule has 2 aliphatic rings. The molecule has 2 aromatic heterocycles. The molecule has 1 unspecified atom stereocenters. The second kappa shape index (κ2) is 11.7. The second-order valence-electron chi connectivity index (χ2n) is 8.78. The van der Waals surface area contributed by atoms with Crippen LogP contribution in [0.15, 0.2) is 6.20 Å². The average molecular weight is 570 g/mol. The predicted molar refractivity (Wildman–Crippen MR) is 128 cm³/mol. The lowest BCUT2D eigenvalue weighted by Gasteiger charge is -2.22. The fourth-order valence-corrected chi connectivity index (χ4v) is 7.73. The van der Waals surface area contributed by atoms with Crippen LogP contribution in [0.1, 0.15) is 43.9 Å². The summed E-state index contributed by atoms with van der Waals surface area (Å²) in [5, 5.41) is 18.2. The van der Waals surface area contributed by atoms with E-state index in [1.807, 2.05) is 0 Å². The molecule has 36 heavy (non-hydrogen) atoms. The molecule has 2 aromatic rings. The Morgan fingerprint density at radius 2 is 2.00 bits per heavy atom. The molecule has 1 saturated carbocycles. The van der Waals surface area contributed by atoms with E-state index in [9.17, 15) is 24.0 Å². The van der Waals surface area contributed by atoms with E-state index in [4.69, 9.17) is 30.1 Å². The molecule has 4 N–H and O–H groups in total. The molecule has 202 valence electrons. The molecular weight excluding hydrogens is 540 g/mol. The number of ether oxygens (including phenoxy) is 2. The maximum atomic E-state index is 12.9. The van der Waals surface area contributed by atoms with E-state index in [2.05, 4.69) is 20.4 Å². The van der Waals surface area contributed by atoms with Gasteiger partial charge in [-0.2, -0.15) is 4.98 Å². The number of nitrogens with zero attached hydrogens (tertiary/aromatic N) is 4. The van der Waals surface area contributed by atoms with Crippen LogP contribution in [0.25, 0.3) is 5.65 Å². The largest absolute Gasteiger partial charge is 0.390 e. The Labute approximate surface area is 212 Å². The van der Waals surface area contributed by atoms with Crippen LogP contribution in [0, 0.1) is 0 Å². The number of anilines is 1. The van der Waals surface area contributed by atoms with Gasteiger partial charge >= 0.3 is 15.2 Å². The molecule has 17 heteroatoms. The average Bonchev–Trinajstić information content (AvgIpc) is 3.51. The van der Waals surface area contributed by atoms with Gasteiger partial charge in [0.15, 0.2) is 17.4 Å². The zero-order valence-electron chi connectivity index (χ0n) is 19.6. The summed E-state index contributed by atoms with van der Waals surface area (Å²) >= 11 is 6.17. The van der Waals surface area contributed by atoms with E-state index >= 15 is 0 Å². The normalized spacial score (nSPS) is 25.0. The third kappa shape index (κ3) is 7.02. The van der Waals surface area contributed by atoms with Gasteiger partial charge in [-0.05, 0) is 24.4 Å². The second-order valence-corrected chi connectivity index (χ2v) is 13.3. The lowest BCUT2D eigenvalue weighted by molar-refractivity contribution is -0.0215. The number of hydrogen-bond acceptors (Lipinski definition) is 11. The van der Waals surface area contributed by atoms with Crippen molar-refractivity contribution in [3.63, 3.8) is 0 Å². The number of aliphatic hydroxyl groups is 1. The summed E-state index contributed by atoms with van der Waals surface area (Å²) in [7, 11) is -7.51. The fraction of sp³-hybridized carbons (Fsp3) is 0.737. The van der Waals surface area contributed by atoms with Gasteiger partial charge < -0.3 is 38.7 Å². The number of imidazole rings is 1. The number of hydrogen-bond donors (Lipinski definition) is 4. The molecule has 4 rings (SSSR count). The summed E-state index contributed by atoms with van der Waals surface area (Å²) in [6.45, 7) is -0.553. The van der Waals surface area contributed by atoms with Crippen LogP contribution < -0.4 is 5.32 Å². The zero-order valence-corrected chi connectivity index (χ0v) is 22.1. The molecular formula is C19H30ClN5O9P2. The summed E-state index contributed by atoms with van der Waals surface area (Å²) in [4.78, 5) is 27.3. The molecule has 0 amide bonds. The van der Waals surface area contributed by atoms with Gasteiger partial charge in [-0.3, -0.25) is 9.13 Å². The van der Waals surface area contributed by atoms with E-state index in [0.29, 0.717) is 17.2 Å². The van der Waals surface area contributed by atoms with Gasteiger partial charge in [0.25, 0.3) is 0 Å². The first-order valence-electron chi connectivity index (χ1n) is 11.5. The highest BCUT2D eigenvalue weighted by Gasteiger charge is 2.40. The van der Waals surface area contributed by atoms with Crippen LogP contribution in [-0.2, 0) is 27.7 Å². The Morgan fingerprint density at radius 3 is 2.69 bits per heavy atom. The number of rotatable bonds is 12. The molecule has 2 fully saturated rings. The van der Waals surface area contributed by atoms with E-state index < -0.39 is 46.0 Å². The summed E-state index contributed by atoms with van der Waals surface area (Å²) in [6.07, 6.45) is 3.45. The van der Waals surface area contributed by atoms with Gasteiger partial charge in [0, 0.05) is 19.6 Å². The van der Waals surface area contributed by atoms with Crippen molar-refractivity contribution in [2.24, 2.45) is 0 Å². The summed E-state index contributed by atoms with van der Waals surface area (Å²) in [5.74, 6) is -0.590. The van der Waals surface area contributed by atoms with Crippen molar-refractivity contribution in [3.8, 4) is 0 Å². The third-order valence-corrected chi connectivity index (χ3v) is 10.1. The summed E-state index contributed by atoms with van der Waals surface area (Å²) in [5.41, 5.74) is 0.997. The van der Waals surface area contributed by atoms with Crippen LogP contribution >= 0.6 is 26.8 Å². The molecule has 0 spiro atoms. The quantitative estimate of drug-likeness (QED) is 0.216. The van der Waals surface area contributed by atoms with Gasteiger partial charge in [-0.15, -0.1) is 5.10 Å². The van der Waals surface area contributed by atoms with Crippen molar-refractivity contribution in [2.45, 2.75) is 56.5 Å². The van der Waals surface area contributed by atoms with E-state index in [1.165, 1.54) is 11.6 Å². The van der Waals surface area contributed by atoms with Crippen LogP contribution in [0.3, 0.4) is 0 Å². The Kier molecular flexibility index (Phi) is 9.04. The highest BCUT2D eigenvalue weighted by molar-refractivity contribution is 7.70. The smallest absolute Gasteiger partial charge is 0.342 e. The number of aliphatic hydroxyl groups excluding tert-OH is 1. The van der Waals surface area contributed by atoms with Gasteiger partial charge in [-0.1, -0.05) is 12.8 Å².